The van der Waals surface area contributed by atoms with Gasteiger partial charge in [0, 0.05) is 30.7 Å². The Hall–Kier alpha value is -1.57. The molecule has 1 aliphatic rings. The van der Waals surface area contributed by atoms with Crippen molar-refractivity contribution in [3.8, 4) is 0 Å². The lowest BCUT2D eigenvalue weighted by atomic mass is 10.1. The SMILES string of the molecule is O=C(CSc1nc(CO)cs1)NCC1CCN(c2ccccc2)C1. The summed E-state index contributed by atoms with van der Waals surface area (Å²) in [5.74, 6) is 0.909. The van der Waals surface area contributed by atoms with Crippen molar-refractivity contribution in [2.75, 3.05) is 30.3 Å². The molecule has 0 aliphatic carbocycles. The number of carbonyl (C=O) groups is 1. The molecule has 1 saturated heterocycles. The largest absolute Gasteiger partial charge is 0.390 e. The molecule has 3 rings (SSSR count). The van der Waals surface area contributed by atoms with Crippen LogP contribution in [0.2, 0.25) is 0 Å². The van der Waals surface area contributed by atoms with Crippen molar-refractivity contribution < 1.29 is 9.90 Å². The van der Waals surface area contributed by atoms with E-state index < -0.39 is 0 Å². The average Bonchev–Trinajstić information content (AvgIpc) is 3.28. The number of rotatable bonds is 7. The van der Waals surface area contributed by atoms with Crippen LogP contribution in [0.1, 0.15) is 12.1 Å². The zero-order valence-electron chi connectivity index (χ0n) is 13.4. The predicted octanol–water partition coefficient (Wildman–Crippen LogP) is 2.37. The summed E-state index contributed by atoms with van der Waals surface area (Å²) in [6.07, 6.45) is 1.11. The van der Waals surface area contributed by atoms with E-state index in [1.165, 1.54) is 28.8 Å². The summed E-state index contributed by atoms with van der Waals surface area (Å²) in [5.41, 5.74) is 1.92. The molecule has 1 aromatic heterocycles. The molecule has 0 bridgehead atoms. The molecule has 128 valence electrons. The van der Waals surface area contributed by atoms with Crippen molar-refractivity contribution in [1.29, 1.82) is 0 Å². The van der Waals surface area contributed by atoms with Gasteiger partial charge in [-0.2, -0.15) is 0 Å². The van der Waals surface area contributed by atoms with E-state index in [0.29, 0.717) is 17.4 Å². The molecule has 5 nitrogen and oxygen atoms in total. The summed E-state index contributed by atoms with van der Waals surface area (Å²) >= 11 is 2.88. The number of thiazole rings is 1. The summed E-state index contributed by atoms with van der Waals surface area (Å²) in [7, 11) is 0. The molecule has 0 radical (unpaired) electrons. The fourth-order valence-corrected chi connectivity index (χ4v) is 4.40. The highest BCUT2D eigenvalue weighted by atomic mass is 32.2. The number of hydrogen-bond acceptors (Lipinski definition) is 6. The quantitative estimate of drug-likeness (QED) is 0.740. The molecule has 7 heteroatoms. The lowest BCUT2D eigenvalue weighted by Gasteiger charge is -2.18. The minimum Gasteiger partial charge on any atom is -0.390 e. The minimum absolute atomic E-state index is 0.0407. The van der Waals surface area contributed by atoms with Crippen LogP contribution < -0.4 is 10.2 Å². The third kappa shape index (κ3) is 4.72. The predicted molar refractivity (Wildman–Crippen MR) is 98.5 cm³/mol. The third-order valence-corrected chi connectivity index (χ3v) is 6.08. The Morgan fingerprint density at radius 1 is 1.42 bits per heavy atom. The zero-order chi connectivity index (χ0) is 16.8. The maximum atomic E-state index is 12.0. The van der Waals surface area contributed by atoms with E-state index >= 15 is 0 Å². The van der Waals surface area contributed by atoms with E-state index in [1.54, 1.807) is 0 Å². The molecule has 1 fully saturated rings. The Morgan fingerprint density at radius 2 is 2.25 bits per heavy atom. The lowest BCUT2D eigenvalue weighted by molar-refractivity contribution is -0.118. The second-order valence-electron chi connectivity index (χ2n) is 5.79. The molecule has 24 heavy (non-hydrogen) atoms. The molecule has 2 heterocycles. The van der Waals surface area contributed by atoms with Crippen LogP contribution in [0, 0.1) is 5.92 Å². The summed E-state index contributed by atoms with van der Waals surface area (Å²) in [6, 6.07) is 10.4. The number of hydrogen-bond donors (Lipinski definition) is 2. The van der Waals surface area contributed by atoms with Gasteiger partial charge in [0.15, 0.2) is 4.34 Å². The van der Waals surface area contributed by atoms with Gasteiger partial charge in [0.25, 0.3) is 0 Å². The molecule has 2 aromatic rings. The number of aliphatic hydroxyl groups excluding tert-OH is 1. The van der Waals surface area contributed by atoms with Gasteiger partial charge in [-0.05, 0) is 24.5 Å². The van der Waals surface area contributed by atoms with Crippen LogP contribution in [-0.4, -0.2) is 41.4 Å². The van der Waals surface area contributed by atoms with Gasteiger partial charge < -0.3 is 15.3 Å². The first-order chi connectivity index (χ1) is 11.7. The highest BCUT2D eigenvalue weighted by molar-refractivity contribution is 8.01. The Morgan fingerprint density at radius 3 is 3.00 bits per heavy atom. The first kappa shape index (κ1) is 17.3. The molecule has 1 aliphatic heterocycles. The van der Waals surface area contributed by atoms with Crippen LogP contribution in [0.5, 0.6) is 0 Å². The number of nitrogens with one attached hydrogen (secondary N) is 1. The van der Waals surface area contributed by atoms with E-state index in [-0.39, 0.29) is 12.5 Å². The Bertz CT molecular complexity index is 663. The highest BCUT2D eigenvalue weighted by Gasteiger charge is 2.22. The standard InChI is InChI=1S/C17H21N3O2S2/c21-10-14-11-23-17(19-14)24-12-16(22)18-8-13-6-7-20(9-13)15-4-2-1-3-5-15/h1-5,11,13,21H,6-10,12H2,(H,18,22). The maximum absolute atomic E-state index is 12.0. The molecule has 1 amide bonds. The van der Waals surface area contributed by atoms with Gasteiger partial charge in [0.05, 0.1) is 18.1 Å². The lowest BCUT2D eigenvalue weighted by Crippen LogP contribution is -2.32. The van der Waals surface area contributed by atoms with Crippen LogP contribution in [0.25, 0.3) is 0 Å². The van der Waals surface area contributed by atoms with Gasteiger partial charge in [0.2, 0.25) is 5.91 Å². The van der Waals surface area contributed by atoms with Crippen LogP contribution in [-0.2, 0) is 11.4 Å². The number of amides is 1. The Labute approximate surface area is 150 Å². The Balaban J connectivity index is 1.37. The monoisotopic (exact) mass is 363 g/mol. The molecule has 0 spiro atoms. The van der Waals surface area contributed by atoms with Crippen LogP contribution in [0.3, 0.4) is 0 Å². The molecule has 2 N–H and O–H groups in total. The number of para-hydroxylation sites is 1. The van der Waals surface area contributed by atoms with Crippen LogP contribution in [0.4, 0.5) is 5.69 Å². The van der Waals surface area contributed by atoms with E-state index in [2.05, 4.69) is 39.5 Å². The van der Waals surface area contributed by atoms with Crippen LogP contribution >= 0.6 is 23.1 Å². The first-order valence-electron chi connectivity index (χ1n) is 7.99. The van der Waals surface area contributed by atoms with Gasteiger partial charge in [0.1, 0.15) is 0 Å². The van der Waals surface area contributed by atoms with Crippen molar-refractivity contribution in [2.45, 2.75) is 17.4 Å². The van der Waals surface area contributed by atoms with Crippen molar-refractivity contribution >= 4 is 34.7 Å². The van der Waals surface area contributed by atoms with E-state index in [4.69, 9.17) is 5.11 Å². The van der Waals surface area contributed by atoms with Crippen molar-refractivity contribution in [3.05, 3.63) is 41.4 Å². The molecule has 1 atom stereocenters. The fraction of sp³-hybridized carbons (Fsp3) is 0.412. The number of benzene rings is 1. The molecule has 1 aromatic carbocycles. The normalized spacial score (nSPS) is 17.2. The van der Waals surface area contributed by atoms with Gasteiger partial charge in [-0.3, -0.25) is 4.79 Å². The summed E-state index contributed by atoms with van der Waals surface area (Å²) in [5, 5.41) is 13.8. The maximum Gasteiger partial charge on any atom is 0.230 e. The van der Waals surface area contributed by atoms with Gasteiger partial charge >= 0.3 is 0 Å². The second kappa shape index (κ2) is 8.50. The number of anilines is 1. The smallest absolute Gasteiger partial charge is 0.230 e. The van der Waals surface area contributed by atoms with E-state index in [1.807, 2.05) is 11.4 Å². The topological polar surface area (TPSA) is 65.5 Å². The fourth-order valence-electron chi connectivity index (χ4n) is 2.74. The van der Waals surface area contributed by atoms with Crippen molar-refractivity contribution in [3.63, 3.8) is 0 Å². The van der Waals surface area contributed by atoms with E-state index in [9.17, 15) is 4.79 Å². The number of aromatic nitrogens is 1. The van der Waals surface area contributed by atoms with Gasteiger partial charge in [-0.1, -0.05) is 30.0 Å². The second-order valence-corrected chi connectivity index (χ2v) is 7.87. The van der Waals surface area contributed by atoms with Crippen molar-refractivity contribution in [2.24, 2.45) is 5.92 Å². The summed E-state index contributed by atoms with van der Waals surface area (Å²) in [4.78, 5) is 18.6. The first-order valence-corrected chi connectivity index (χ1v) is 9.86. The number of aliphatic hydroxyl groups is 1. The average molecular weight is 364 g/mol. The molecular formula is C17H21N3O2S2. The van der Waals surface area contributed by atoms with Crippen molar-refractivity contribution in [1.82, 2.24) is 10.3 Å². The van der Waals surface area contributed by atoms with Gasteiger partial charge in [-0.25, -0.2) is 4.98 Å². The molecule has 1 unspecified atom stereocenters. The van der Waals surface area contributed by atoms with Crippen LogP contribution in [0.15, 0.2) is 40.1 Å². The molecular weight excluding hydrogens is 342 g/mol. The summed E-state index contributed by atoms with van der Waals surface area (Å²) < 4.78 is 0.824. The minimum atomic E-state index is -0.0527. The van der Waals surface area contributed by atoms with Gasteiger partial charge in [-0.15, -0.1) is 11.3 Å². The Kier molecular flexibility index (Phi) is 6.12. The highest BCUT2D eigenvalue weighted by Crippen LogP contribution is 2.24. The molecule has 0 saturated carbocycles. The van der Waals surface area contributed by atoms with E-state index in [0.717, 1.165) is 30.4 Å². The number of carbonyl (C=O) groups excluding carboxylic acids is 1. The number of thioether (sulfide) groups is 1. The third-order valence-electron chi connectivity index (χ3n) is 4.01. The zero-order valence-corrected chi connectivity index (χ0v) is 15.0. The summed E-state index contributed by atoms with van der Waals surface area (Å²) in [6.45, 7) is 2.71. The number of nitrogens with zero attached hydrogens (tertiary/aromatic N) is 2.